The molecule has 1 aromatic carbocycles. The minimum atomic E-state index is -0.352. The maximum atomic E-state index is 12.1. The zero-order chi connectivity index (χ0) is 19.3. The zero-order valence-corrected chi connectivity index (χ0v) is 17.3. The molecule has 0 spiro atoms. The Labute approximate surface area is 164 Å². The average molecular weight is 369 g/mol. The third-order valence-electron chi connectivity index (χ3n) is 7.67. The quantitative estimate of drug-likeness (QED) is 0.819. The number of hydrogen-bond donors (Lipinski definition) is 2. The van der Waals surface area contributed by atoms with Gasteiger partial charge in [-0.3, -0.25) is 4.79 Å². The van der Waals surface area contributed by atoms with Crippen LogP contribution in [0.2, 0.25) is 0 Å². The number of primary amides is 1. The van der Waals surface area contributed by atoms with Gasteiger partial charge in [-0.25, -0.2) is 0 Å². The summed E-state index contributed by atoms with van der Waals surface area (Å²) in [6, 6.07) is 10.8. The fourth-order valence-corrected chi connectivity index (χ4v) is 6.77. The van der Waals surface area contributed by atoms with Crippen molar-refractivity contribution in [1.29, 1.82) is 0 Å². The third-order valence-corrected chi connectivity index (χ3v) is 7.67. The van der Waals surface area contributed by atoms with E-state index in [4.69, 9.17) is 5.73 Å². The Morgan fingerprint density at radius 2 is 1.67 bits per heavy atom. The van der Waals surface area contributed by atoms with Crippen LogP contribution in [0.25, 0.3) is 0 Å². The van der Waals surface area contributed by atoms with Crippen LogP contribution in [0.15, 0.2) is 30.3 Å². The summed E-state index contributed by atoms with van der Waals surface area (Å²) in [5.74, 6) is 2.70. The van der Waals surface area contributed by atoms with Crippen molar-refractivity contribution in [2.75, 3.05) is 13.1 Å². The van der Waals surface area contributed by atoms with Gasteiger partial charge in [0.25, 0.3) is 0 Å². The van der Waals surface area contributed by atoms with E-state index < -0.39 is 0 Å². The Kier molecular flexibility index (Phi) is 4.65. The van der Waals surface area contributed by atoms with Gasteiger partial charge >= 0.3 is 0 Å². The van der Waals surface area contributed by atoms with Crippen LogP contribution >= 0.6 is 0 Å². The van der Waals surface area contributed by atoms with Crippen LogP contribution in [0.4, 0.5) is 0 Å². The lowest BCUT2D eigenvalue weighted by Gasteiger charge is -2.56. The lowest BCUT2D eigenvalue weighted by atomic mass is 9.47. The van der Waals surface area contributed by atoms with E-state index in [2.05, 4.69) is 56.4 Å². The number of nitrogens with two attached hydrogens (primary N) is 1. The molecule has 2 bridgehead atoms. The first-order chi connectivity index (χ1) is 12.7. The van der Waals surface area contributed by atoms with E-state index in [0.29, 0.717) is 11.3 Å². The highest BCUT2D eigenvalue weighted by Gasteiger charge is 2.54. The summed E-state index contributed by atoms with van der Waals surface area (Å²) in [4.78, 5) is 12.1. The van der Waals surface area contributed by atoms with Gasteiger partial charge in [-0.2, -0.15) is 0 Å². The first-order valence-corrected chi connectivity index (χ1v) is 10.8. The number of piperidine rings is 1. The second kappa shape index (κ2) is 6.62. The van der Waals surface area contributed by atoms with Gasteiger partial charge in [0.2, 0.25) is 5.91 Å². The van der Waals surface area contributed by atoms with Gasteiger partial charge in [-0.05, 0) is 85.8 Å². The van der Waals surface area contributed by atoms with Gasteiger partial charge in [0, 0.05) is 5.41 Å². The number of benzene rings is 1. The van der Waals surface area contributed by atoms with Crippen LogP contribution in [0.1, 0.15) is 64.9 Å². The molecular formula is C24H36N2O. The molecule has 3 heteroatoms. The van der Waals surface area contributed by atoms with E-state index in [1.807, 2.05) is 0 Å². The first-order valence-electron chi connectivity index (χ1n) is 10.8. The number of fused-ring (bicyclic) bond motifs is 3. The Hall–Kier alpha value is -1.35. The highest BCUT2D eigenvalue weighted by molar-refractivity contribution is 5.80. The van der Waals surface area contributed by atoms with Gasteiger partial charge in [0.15, 0.2) is 0 Å². The predicted octanol–water partition coefficient (Wildman–Crippen LogP) is 4.26. The summed E-state index contributed by atoms with van der Waals surface area (Å²) >= 11 is 0. The van der Waals surface area contributed by atoms with E-state index in [-0.39, 0.29) is 16.7 Å². The topological polar surface area (TPSA) is 55.1 Å². The van der Waals surface area contributed by atoms with E-state index in [0.717, 1.165) is 31.1 Å². The van der Waals surface area contributed by atoms with Gasteiger partial charge in [0.1, 0.15) is 0 Å². The molecule has 1 saturated heterocycles. The van der Waals surface area contributed by atoms with Gasteiger partial charge in [-0.1, -0.05) is 51.1 Å². The van der Waals surface area contributed by atoms with Gasteiger partial charge in [0.05, 0.1) is 0 Å². The fraction of sp³-hybridized carbons (Fsp3) is 0.708. The molecule has 1 amide bonds. The molecule has 1 heterocycles. The number of carbonyl (C=O) groups excluding carboxylic acids is 1. The second-order valence-electron chi connectivity index (χ2n) is 11.0. The molecule has 0 aromatic heterocycles. The average Bonchev–Trinajstić information content (AvgIpc) is 3.19. The first kappa shape index (κ1) is 19.0. The van der Waals surface area contributed by atoms with Crippen molar-refractivity contribution in [2.45, 2.75) is 64.7 Å². The summed E-state index contributed by atoms with van der Waals surface area (Å²) in [5, 5.41) is 3.32. The van der Waals surface area contributed by atoms with Gasteiger partial charge < -0.3 is 11.1 Å². The lowest BCUT2D eigenvalue weighted by Crippen LogP contribution is -2.52. The van der Waals surface area contributed by atoms with Crippen molar-refractivity contribution < 1.29 is 4.79 Å². The smallest absolute Gasteiger partial charge is 0.223 e. The molecule has 5 rings (SSSR count). The Morgan fingerprint density at radius 1 is 1.00 bits per heavy atom. The van der Waals surface area contributed by atoms with Crippen LogP contribution < -0.4 is 11.1 Å². The molecule has 4 fully saturated rings. The normalized spacial score (nSPS) is 41.1. The highest BCUT2D eigenvalue weighted by atomic mass is 16.1. The van der Waals surface area contributed by atoms with Crippen LogP contribution in [0.5, 0.6) is 0 Å². The molecule has 1 aliphatic heterocycles. The standard InChI is InChI=1S/C19H27NO.C5H9N/c1-17(2)9-14-10-18(3,16(20)21)13-19(11-14,12-17)15-7-5-4-6-8-15;1-4-2-6-3-5(1)4/h4-8,14H,9-13H2,1-3H3,(H2,20,21);4-6H,1-3H2. The summed E-state index contributed by atoms with van der Waals surface area (Å²) in [5.41, 5.74) is 7.28. The number of hydrogen-bond acceptors (Lipinski definition) is 2. The van der Waals surface area contributed by atoms with Crippen molar-refractivity contribution in [3.63, 3.8) is 0 Å². The van der Waals surface area contributed by atoms with Crippen LogP contribution in [-0.4, -0.2) is 19.0 Å². The van der Waals surface area contributed by atoms with E-state index >= 15 is 0 Å². The Morgan fingerprint density at radius 3 is 2.19 bits per heavy atom. The molecule has 4 aliphatic rings. The maximum absolute atomic E-state index is 12.1. The molecule has 1 aromatic rings. The molecular weight excluding hydrogens is 332 g/mol. The lowest BCUT2D eigenvalue weighted by molar-refractivity contribution is -0.134. The minimum absolute atomic E-state index is 0.118. The highest BCUT2D eigenvalue weighted by Crippen LogP contribution is 2.60. The molecule has 5 unspecified atom stereocenters. The van der Waals surface area contributed by atoms with E-state index in [1.54, 1.807) is 0 Å². The Balaban J connectivity index is 0.000000250. The van der Waals surface area contributed by atoms with Crippen LogP contribution in [0, 0.1) is 28.6 Å². The predicted molar refractivity (Wildman–Crippen MR) is 110 cm³/mol. The van der Waals surface area contributed by atoms with E-state index in [9.17, 15) is 4.79 Å². The van der Waals surface area contributed by atoms with Crippen molar-refractivity contribution in [1.82, 2.24) is 5.32 Å². The molecule has 0 radical (unpaired) electrons. The molecule has 3 N–H and O–H groups in total. The van der Waals surface area contributed by atoms with Gasteiger partial charge in [-0.15, -0.1) is 0 Å². The third kappa shape index (κ3) is 3.81. The van der Waals surface area contributed by atoms with Crippen LogP contribution in [0.3, 0.4) is 0 Å². The molecule has 3 saturated carbocycles. The zero-order valence-electron chi connectivity index (χ0n) is 17.3. The summed E-state index contributed by atoms with van der Waals surface area (Å²) in [6.07, 6.45) is 6.96. The number of amides is 1. The van der Waals surface area contributed by atoms with Crippen molar-refractivity contribution in [3.8, 4) is 0 Å². The largest absolute Gasteiger partial charge is 0.369 e. The maximum Gasteiger partial charge on any atom is 0.223 e. The van der Waals surface area contributed by atoms with Crippen LogP contribution in [-0.2, 0) is 10.2 Å². The number of carbonyl (C=O) groups is 1. The van der Waals surface area contributed by atoms with Crippen molar-refractivity contribution in [3.05, 3.63) is 35.9 Å². The number of nitrogens with one attached hydrogen (secondary N) is 1. The molecule has 3 aliphatic carbocycles. The summed E-state index contributed by atoms with van der Waals surface area (Å²) < 4.78 is 0. The number of rotatable bonds is 2. The monoisotopic (exact) mass is 368 g/mol. The molecule has 148 valence electrons. The summed E-state index contributed by atoms with van der Waals surface area (Å²) in [7, 11) is 0. The second-order valence-corrected chi connectivity index (χ2v) is 11.0. The SMILES string of the molecule is C1NCC2CC12.CC1(C)CC2CC(C)(C(N)=O)CC(c3ccccc3)(C2)C1. The van der Waals surface area contributed by atoms with Crippen molar-refractivity contribution >= 4 is 5.91 Å². The van der Waals surface area contributed by atoms with Crippen molar-refractivity contribution in [2.24, 2.45) is 34.3 Å². The molecule has 5 atom stereocenters. The summed E-state index contributed by atoms with van der Waals surface area (Å²) in [6.45, 7) is 9.46. The van der Waals surface area contributed by atoms with E-state index in [1.165, 1.54) is 37.9 Å². The Bertz CT molecular complexity index is 692. The fourth-order valence-electron chi connectivity index (χ4n) is 6.77. The molecule has 27 heavy (non-hydrogen) atoms. The molecule has 3 nitrogen and oxygen atoms in total. The minimum Gasteiger partial charge on any atom is -0.369 e.